The first-order valence-corrected chi connectivity index (χ1v) is 8.20. The van der Waals surface area contributed by atoms with E-state index in [1.807, 2.05) is 37.4 Å². The van der Waals surface area contributed by atoms with Crippen LogP contribution in [0.1, 0.15) is 18.2 Å². The molecule has 0 radical (unpaired) electrons. The SMILES string of the molecule is CCOCCOc1cc(C=NNc2nc(C)cs2)ccc1OC. The van der Waals surface area contributed by atoms with Crippen molar-refractivity contribution in [3.63, 3.8) is 0 Å². The monoisotopic (exact) mass is 335 g/mol. The maximum Gasteiger partial charge on any atom is 0.203 e. The number of hydrogen-bond donors (Lipinski definition) is 1. The van der Waals surface area contributed by atoms with Crippen molar-refractivity contribution in [1.82, 2.24) is 4.98 Å². The van der Waals surface area contributed by atoms with Crippen molar-refractivity contribution in [2.45, 2.75) is 13.8 Å². The molecule has 6 nitrogen and oxygen atoms in total. The minimum absolute atomic E-state index is 0.474. The second kappa shape index (κ2) is 9.12. The van der Waals surface area contributed by atoms with E-state index in [2.05, 4.69) is 15.5 Å². The fourth-order valence-corrected chi connectivity index (χ4v) is 2.45. The topological polar surface area (TPSA) is 65.0 Å². The number of anilines is 1. The van der Waals surface area contributed by atoms with Gasteiger partial charge >= 0.3 is 0 Å². The van der Waals surface area contributed by atoms with Crippen LogP contribution in [0.5, 0.6) is 11.5 Å². The summed E-state index contributed by atoms with van der Waals surface area (Å²) in [6.07, 6.45) is 1.71. The standard InChI is InChI=1S/C16H21N3O3S/c1-4-21-7-8-22-15-9-13(5-6-14(15)20-3)10-17-19-16-18-12(2)11-23-16/h5-6,9-11H,4,7-8H2,1-3H3,(H,18,19). The highest BCUT2D eigenvalue weighted by molar-refractivity contribution is 7.13. The number of nitrogens with one attached hydrogen (secondary N) is 1. The second-order valence-corrected chi connectivity index (χ2v) is 5.48. The van der Waals surface area contributed by atoms with E-state index >= 15 is 0 Å². The maximum absolute atomic E-state index is 5.70. The van der Waals surface area contributed by atoms with Crippen molar-refractivity contribution in [2.75, 3.05) is 32.4 Å². The van der Waals surface area contributed by atoms with Crippen LogP contribution in [-0.2, 0) is 4.74 Å². The van der Waals surface area contributed by atoms with Crippen LogP contribution < -0.4 is 14.9 Å². The van der Waals surface area contributed by atoms with E-state index in [4.69, 9.17) is 14.2 Å². The molecule has 1 aromatic heterocycles. The Balaban J connectivity index is 1.98. The van der Waals surface area contributed by atoms with Gasteiger partial charge in [0.2, 0.25) is 5.13 Å². The van der Waals surface area contributed by atoms with Crippen LogP contribution in [0.2, 0.25) is 0 Å². The minimum Gasteiger partial charge on any atom is -0.493 e. The van der Waals surface area contributed by atoms with Crippen molar-refractivity contribution in [3.05, 3.63) is 34.8 Å². The third-order valence-electron chi connectivity index (χ3n) is 2.87. The molecule has 23 heavy (non-hydrogen) atoms. The predicted octanol–water partition coefficient (Wildman–Crippen LogP) is 3.32. The lowest BCUT2D eigenvalue weighted by Crippen LogP contribution is -2.07. The largest absolute Gasteiger partial charge is 0.493 e. The van der Waals surface area contributed by atoms with Gasteiger partial charge in [-0.3, -0.25) is 5.43 Å². The number of benzene rings is 1. The molecule has 0 aliphatic heterocycles. The van der Waals surface area contributed by atoms with Gasteiger partial charge in [0.05, 0.1) is 25.6 Å². The average molecular weight is 335 g/mol. The van der Waals surface area contributed by atoms with E-state index in [0.29, 0.717) is 31.3 Å². The molecule has 7 heteroatoms. The lowest BCUT2D eigenvalue weighted by molar-refractivity contribution is 0.109. The summed E-state index contributed by atoms with van der Waals surface area (Å²) in [5.74, 6) is 1.35. The van der Waals surface area contributed by atoms with Crippen LogP contribution >= 0.6 is 11.3 Å². The normalized spacial score (nSPS) is 10.9. The maximum atomic E-state index is 5.70. The first-order chi connectivity index (χ1) is 11.2. The van der Waals surface area contributed by atoms with E-state index in [1.165, 1.54) is 11.3 Å². The number of nitrogens with zero attached hydrogens (tertiary/aromatic N) is 2. The molecule has 2 aromatic rings. The van der Waals surface area contributed by atoms with E-state index in [1.54, 1.807) is 13.3 Å². The predicted molar refractivity (Wildman–Crippen MR) is 93.0 cm³/mol. The third-order valence-corrected chi connectivity index (χ3v) is 3.73. The Bertz CT molecular complexity index is 643. The molecule has 0 atom stereocenters. The van der Waals surface area contributed by atoms with E-state index in [9.17, 15) is 0 Å². The zero-order valence-electron chi connectivity index (χ0n) is 13.5. The number of hydrazone groups is 1. The molecule has 0 aliphatic rings. The van der Waals surface area contributed by atoms with Gasteiger partial charge in [-0.1, -0.05) is 0 Å². The van der Waals surface area contributed by atoms with Crippen molar-refractivity contribution in [1.29, 1.82) is 0 Å². The van der Waals surface area contributed by atoms with Crippen LogP contribution in [0.25, 0.3) is 0 Å². The highest BCUT2D eigenvalue weighted by Crippen LogP contribution is 2.27. The summed E-state index contributed by atoms with van der Waals surface area (Å²) in [7, 11) is 1.62. The minimum atomic E-state index is 0.474. The molecule has 1 aromatic carbocycles. The van der Waals surface area contributed by atoms with E-state index < -0.39 is 0 Å². The molecule has 0 bridgehead atoms. The molecule has 1 N–H and O–H groups in total. The summed E-state index contributed by atoms with van der Waals surface area (Å²) in [6.45, 7) is 5.59. The Kier molecular flexibility index (Phi) is 6.83. The number of aromatic nitrogens is 1. The van der Waals surface area contributed by atoms with Gasteiger partial charge in [0, 0.05) is 12.0 Å². The lowest BCUT2D eigenvalue weighted by Gasteiger charge is -2.11. The fraction of sp³-hybridized carbons (Fsp3) is 0.375. The first kappa shape index (κ1) is 17.2. The Morgan fingerprint density at radius 3 is 2.87 bits per heavy atom. The summed E-state index contributed by atoms with van der Waals surface area (Å²) < 4.78 is 16.3. The third kappa shape index (κ3) is 5.54. The zero-order valence-corrected chi connectivity index (χ0v) is 14.4. The lowest BCUT2D eigenvalue weighted by atomic mass is 10.2. The van der Waals surface area contributed by atoms with Gasteiger partial charge < -0.3 is 14.2 Å². The molecular formula is C16H21N3O3S. The second-order valence-electron chi connectivity index (χ2n) is 4.62. The quantitative estimate of drug-likeness (QED) is 0.433. The van der Waals surface area contributed by atoms with E-state index in [0.717, 1.165) is 16.4 Å². The number of thiazole rings is 1. The summed E-state index contributed by atoms with van der Waals surface area (Å²) in [6, 6.07) is 5.64. The van der Waals surface area contributed by atoms with Crippen LogP contribution in [-0.4, -0.2) is 38.1 Å². The number of methoxy groups -OCH3 is 1. The van der Waals surface area contributed by atoms with Crippen molar-refractivity contribution in [2.24, 2.45) is 5.10 Å². The smallest absolute Gasteiger partial charge is 0.203 e. The van der Waals surface area contributed by atoms with Gasteiger partial charge in [-0.2, -0.15) is 5.10 Å². The molecule has 0 saturated carbocycles. The van der Waals surface area contributed by atoms with Gasteiger partial charge in [-0.15, -0.1) is 11.3 Å². The molecule has 2 rings (SSSR count). The van der Waals surface area contributed by atoms with Gasteiger partial charge in [0.1, 0.15) is 6.61 Å². The van der Waals surface area contributed by atoms with Crippen molar-refractivity contribution < 1.29 is 14.2 Å². The number of aryl methyl sites for hydroxylation is 1. The van der Waals surface area contributed by atoms with Crippen LogP contribution in [0.15, 0.2) is 28.7 Å². The molecule has 0 fully saturated rings. The first-order valence-electron chi connectivity index (χ1n) is 7.32. The van der Waals surface area contributed by atoms with Crippen LogP contribution in [0, 0.1) is 6.92 Å². The molecule has 124 valence electrons. The fourth-order valence-electron chi connectivity index (χ4n) is 1.81. The summed E-state index contributed by atoms with van der Waals surface area (Å²) in [5, 5.41) is 6.92. The van der Waals surface area contributed by atoms with Crippen molar-refractivity contribution >= 4 is 22.7 Å². The summed E-state index contributed by atoms with van der Waals surface area (Å²) in [5.41, 5.74) is 4.78. The van der Waals surface area contributed by atoms with E-state index in [-0.39, 0.29) is 0 Å². The molecule has 0 aliphatic carbocycles. The summed E-state index contributed by atoms with van der Waals surface area (Å²) in [4.78, 5) is 4.28. The average Bonchev–Trinajstić information content (AvgIpc) is 2.97. The molecule has 1 heterocycles. The number of hydrogen-bond acceptors (Lipinski definition) is 7. The number of rotatable bonds is 9. The molecule has 0 amide bonds. The zero-order chi connectivity index (χ0) is 16.5. The molecule has 0 unspecified atom stereocenters. The van der Waals surface area contributed by atoms with Gasteiger partial charge in [0.25, 0.3) is 0 Å². The van der Waals surface area contributed by atoms with Gasteiger partial charge in [-0.25, -0.2) is 4.98 Å². The molecule has 0 saturated heterocycles. The Morgan fingerprint density at radius 1 is 1.30 bits per heavy atom. The molecular weight excluding hydrogens is 314 g/mol. The van der Waals surface area contributed by atoms with Crippen LogP contribution in [0.4, 0.5) is 5.13 Å². The van der Waals surface area contributed by atoms with Crippen LogP contribution in [0.3, 0.4) is 0 Å². The highest BCUT2D eigenvalue weighted by atomic mass is 32.1. The Morgan fingerprint density at radius 2 is 2.17 bits per heavy atom. The van der Waals surface area contributed by atoms with Gasteiger partial charge in [-0.05, 0) is 37.6 Å². The summed E-state index contributed by atoms with van der Waals surface area (Å²) >= 11 is 1.52. The highest BCUT2D eigenvalue weighted by Gasteiger charge is 2.05. The van der Waals surface area contributed by atoms with Crippen molar-refractivity contribution in [3.8, 4) is 11.5 Å². The number of ether oxygens (including phenoxy) is 3. The Labute approximate surface area is 140 Å². The van der Waals surface area contributed by atoms with Gasteiger partial charge in [0.15, 0.2) is 11.5 Å². The molecule has 0 spiro atoms. The Hall–Kier alpha value is -2.12.